The maximum atomic E-state index is 12.5. The number of methoxy groups -OCH3 is 1. The minimum absolute atomic E-state index is 0.267. The van der Waals surface area contributed by atoms with Gasteiger partial charge in [-0.2, -0.15) is 0 Å². The number of aryl methyl sites for hydroxylation is 1. The van der Waals surface area contributed by atoms with E-state index in [9.17, 15) is 13.2 Å². The maximum absolute atomic E-state index is 12.5. The number of hydrogen-bond acceptors (Lipinski definition) is 4. The first-order chi connectivity index (χ1) is 11.7. The van der Waals surface area contributed by atoms with E-state index >= 15 is 0 Å². The fraction of sp³-hybridized carbons (Fsp3) is 0.278. The molecule has 0 saturated heterocycles. The van der Waals surface area contributed by atoms with E-state index < -0.39 is 10.0 Å². The van der Waals surface area contributed by atoms with Crippen LogP contribution in [0.15, 0.2) is 42.5 Å². The normalized spacial score (nSPS) is 12.3. The highest BCUT2D eigenvalue weighted by Crippen LogP contribution is 2.25. The number of rotatable bonds is 6. The van der Waals surface area contributed by atoms with E-state index in [-0.39, 0.29) is 11.9 Å². The molecular formula is C18H22N2O4S. The van der Waals surface area contributed by atoms with Crippen molar-refractivity contribution in [2.45, 2.75) is 19.9 Å². The number of sulfonamides is 1. The van der Waals surface area contributed by atoms with E-state index in [1.54, 1.807) is 26.2 Å². The van der Waals surface area contributed by atoms with Gasteiger partial charge in [-0.3, -0.25) is 9.52 Å². The number of benzene rings is 2. The van der Waals surface area contributed by atoms with E-state index in [2.05, 4.69) is 10.0 Å². The fourth-order valence-corrected chi connectivity index (χ4v) is 3.07. The Hall–Kier alpha value is -2.54. The molecule has 0 saturated carbocycles. The molecule has 0 aliphatic carbocycles. The van der Waals surface area contributed by atoms with Crippen LogP contribution >= 0.6 is 0 Å². The summed E-state index contributed by atoms with van der Waals surface area (Å²) in [6, 6.07) is 12.1. The van der Waals surface area contributed by atoms with E-state index in [4.69, 9.17) is 4.74 Å². The molecule has 0 bridgehead atoms. The second-order valence-electron chi connectivity index (χ2n) is 5.84. The standard InChI is InChI=1S/C18H22N2O4S/c1-12-9-10-14(11-16(12)20-25(4,22)23)18(21)19-13(2)15-7-5-6-8-17(15)24-3/h5-11,13,20H,1-4H3,(H,19,21)/t13-/m1/s1. The molecule has 0 aliphatic heterocycles. The SMILES string of the molecule is COc1ccccc1[C@@H](C)NC(=O)c1ccc(C)c(NS(C)(=O)=O)c1. The summed E-state index contributed by atoms with van der Waals surface area (Å²) in [6.07, 6.45) is 1.07. The number of anilines is 1. The van der Waals surface area contributed by atoms with Crippen LogP contribution in [0.25, 0.3) is 0 Å². The zero-order valence-electron chi connectivity index (χ0n) is 14.7. The third kappa shape index (κ3) is 4.96. The van der Waals surface area contributed by atoms with Crippen molar-refractivity contribution in [2.75, 3.05) is 18.1 Å². The number of carbonyl (C=O) groups excluding carboxylic acids is 1. The topological polar surface area (TPSA) is 84.5 Å². The Bertz CT molecular complexity index is 878. The fourth-order valence-electron chi connectivity index (χ4n) is 2.45. The van der Waals surface area contributed by atoms with Crippen molar-refractivity contribution >= 4 is 21.6 Å². The Kier molecular flexibility index (Phi) is 5.69. The molecule has 25 heavy (non-hydrogen) atoms. The number of hydrogen-bond donors (Lipinski definition) is 2. The summed E-state index contributed by atoms with van der Waals surface area (Å²) >= 11 is 0. The molecule has 0 radical (unpaired) electrons. The molecule has 2 N–H and O–H groups in total. The summed E-state index contributed by atoms with van der Waals surface area (Å²) in [4.78, 5) is 12.5. The molecule has 1 atom stereocenters. The highest BCUT2D eigenvalue weighted by atomic mass is 32.2. The molecule has 2 aromatic rings. The average Bonchev–Trinajstić information content (AvgIpc) is 2.55. The van der Waals surface area contributed by atoms with Crippen molar-refractivity contribution in [3.63, 3.8) is 0 Å². The first-order valence-corrected chi connectivity index (χ1v) is 9.62. The lowest BCUT2D eigenvalue weighted by atomic mass is 10.1. The van der Waals surface area contributed by atoms with Gasteiger partial charge in [-0.15, -0.1) is 0 Å². The molecule has 7 heteroatoms. The molecule has 0 spiro atoms. The van der Waals surface area contributed by atoms with Gasteiger partial charge >= 0.3 is 0 Å². The van der Waals surface area contributed by atoms with Crippen molar-refractivity contribution < 1.29 is 17.9 Å². The summed E-state index contributed by atoms with van der Waals surface area (Å²) in [7, 11) is -1.84. The van der Waals surface area contributed by atoms with Crippen LogP contribution in [0, 0.1) is 6.92 Å². The quantitative estimate of drug-likeness (QED) is 0.827. The first kappa shape index (κ1) is 18.8. The lowest BCUT2D eigenvalue weighted by Crippen LogP contribution is -2.27. The van der Waals surface area contributed by atoms with Crippen LogP contribution in [0.5, 0.6) is 5.75 Å². The molecule has 0 heterocycles. The molecular weight excluding hydrogens is 340 g/mol. The predicted octanol–water partition coefficient (Wildman–Crippen LogP) is 2.87. The maximum Gasteiger partial charge on any atom is 0.251 e. The van der Waals surface area contributed by atoms with Crippen LogP contribution < -0.4 is 14.8 Å². The van der Waals surface area contributed by atoms with Crippen LogP contribution in [-0.4, -0.2) is 27.7 Å². The smallest absolute Gasteiger partial charge is 0.251 e. The van der Waals surface area contributed by atoms with E-state index in [0.717, 1.165) is 17.4 Å². The zero-order valence-corrected chi connectivity index (χ0v) is 15.5. The van der Waals surface area contributed by atoms with E-state index in [1.807, 2.05) is 31.2 Å². The lowest BCUT2D eigenvalue weighted by molar-refractivity contribution is 0.0939. The summed E-state index contributed by atoms with van der Waals surface area (Å²) in [5.41, 5.74) is 2.36. The molecule has 0 aromatic heterocycles. The summed E-state index contributed by atoms with van der Waals surface area (Å²) in [5.74, 6) is 0.397. The Morgan fingerprint density at radius 3 is 2.48 bits per heavy atom. The van der Waals surface area contributed by atoms with Gasteiger partial charge in [0, 0.05) is 11.1 Å². The summed E-state index contributed by atoms with van der Waals surface area (Å²) in [6.45, 7) is 3.63. The van der Waals surface area contributed by atoms with Crippen LogP contribution in [0.2, 0.25) is 0 Å². The average molecular weight is 362 g/mol. The van der Waals surface area contributed by atoms with E-state index in [1.165, 1.54) is 6.07 Å². The monoisotopic (exact) mass is 362 g/mol. The predicted molar refractivity (Wildman–Crippen MR) is 98.5 cm³/mol. The van der Waals surface area contributed by atoms with Gasteiger partial charge in [-0.25, -0.2) is 8.42 Å². The van der Waals surface area contributed by atoms with Gasteiger partial charge in [0.15, 0.2) is 0 Å². The van der Waals surface area contributed by atoms with Crippen LogP contribution in [-0.2, 0) is 10.0 Å². The molecule has 0 aliphatic rings. The largest absolute Gasteiger partial charge is 0.496 e. The first-order valence-electron chi connectivity index (χ1n) is 7.73. The van der Waals surface area contributed by atoms with Crippen molar-refractivity contribution in [3.8, 4) is 5.75 Å². The Morgan fingerprint density at radius 2 is 1.84 bits per heavy atom. The second-order valence-corrected chi connectivity index (χ2v) is 7.59. The van der Waals surface area contributed by atoms with Gasteiger partial charge in [0.1, 0.15) is 5.75 Å². The third-order valence-electron chi connectivity index (χ3n) is 3.75. The highest BCUT2D eigenvalue weighted by Gasteiger charge is 2.16. The molecule has 0 unspecified atom stereocenters. The Morgan fingerprint density at radius 1 is 1.16 bits per heavy atom. The summed E-state index contributed by atoms with van der Waals surface area (Å²) in [5, 5.41) is 2.90. The molecule has 2 aromatic carbocycles. The van der Waals surface area contributed by atoms with Gasteiger partial charge in [-0.05, 0) is 37.6 Å². The molecule has 1 amide bonds. The van der Waals surface area contributed by atoms with Crippen LogP contribution in [0.1, 0.15) is 34.5 Å². The summed E-state index contributed by atoms with van der Waals surface area (Å²) < 4.78 is 30.6. The zero-order chi connectivity index (χ0) is 18.6. The molecule has 6 nitrogen and oxygen atoms in total. The third-order valence-corrected chi connectivity index (χ3v) is 4.34. The van der Waals surface area contributed by atoms with Crippen molar-refractivity contribution in [3.05, 3.63) is 59.2 Å². The van der Waals surface area contributed by atoms with Gasteiger partial charge in [0.05, 0.1) is 25.1 Å². The lowest BCUT2D eigenvalue weighted by Gasteiger charge is -2.18. The van der Waals surface area contributed by atoms with E-state index in [0.29, 0.717) is 17.0 Å². The molecule has 2 rings (SSSR count). The van der Waals surface area contributed by atoms with Crippen molar-refractivity contribution in [2.24, 2.45) is 0 Å². The molecule has 0 fully saturated rings. The van der Waals surface area contributed by atoms with Gasteiger partial charge < -0.3 is 10.1 Å². The highest BCUT2D eigenvalue weighted by molar-refractivity contribution is 7.92. The van der Waals surface area contributed by atoms with Gasteiger partial charge in [-0.1, -0.05) is 24.3 Å². The Labute approximate surface area is 148 Å². The number of ether oxygens (including phenoxy) is 1. The molecule has 134 valence electrons. The number of amides is 1. The minimum atomic E-state index is -3.42. The second kappa shape index (κ2) is 7.57. The van der Waals surface area contributed by atoms with Crippen LogP contribution in [0.3, 0.4) is 0 Å². The Balaban J connectivity index is 2.22. The van der Waals surface area contributed by atoms with Crippen molar-refractivity contribution in [1.82, 2.24) is 5.32 Å². The van der Waals surface area contributed by atoms with Gasteiger partial charge in [0.25, 0.3) is 5.91 Å². The van der Waals surface area contributed by atoms with Gasteiger partial charge in [0.2, 0.25) is 10.0 Å². The number of nitrogens with one attached hydrogen (secondary N) is 2. The number of para-hydroxylation sites is 1. The minimum Gasteiger partial charge on any atom is -0.496 e. The number of carbonyl (C=O) groups is 1. The van der Waals surface area contributed by atoms with Crippen LogP contribution in [0.4, 0.5) is 5.69 Å². The van der Waals surface area contributed by atoms with Crippen molar-refractivity contribution in [1.29, 1.82) is 0 Å².